The standard InChI is InChI=1S/C13H13FN2O2S/c1-13(2,3)18-12(17)9-7-19-11(16-9)8-4-5-15-10(14)6-8/h4-7H,1-3H3. The van der Waals surface area contributed by atoms with Gasteiger partial charge < -0.3 is 4.74 Å². The number of hydrogen-bond donors (Lipinski definition) is 0. The molecule has 0 aromatic carbocycles. The van der Waals surface area contributed by atoms with Crippen molar-refractivity contribution in [3.05, 3.63) is 35.4 Å². The Balaban J connectivity index is 2.22. The summed E-state index contributed by atoms with van der Waals surface area (Å²) in [5.41, 5.74) is 0.253. The Kier molecular flexibility index (Phi) is 3.61. The Morgan fingerprint density at radius 1 is 1.42 bits per heavy atom. The molecule has 0 radical (unpaired) electrons. The zero-order valence-corrected chi connectivity index (χ0v) is 11.6. The molecule has 0 unspecified atom stereocenters. The maximum Gasteiger partial charge on any atom is 0.358 e. The van der Waals surface area contributed by atoms with Gasteiger partial charge in [-0.1, -0.05) is 0 Å². The molecule has 2 aromatic rings. The molecule has 0 amide bonds. The van der Waals surface area contributed by atoms with Crippen LogP contribution in [0.2, 0.25) is 0 Å². The van der Waals surface area contributed by atoms with E-state index in [0.29, 0.717) is 10.6 Å². The molecule has 0 aliphatic heterocycles. The van der Waals surface area contributed by atoms with Crippen LogP contribution in [0, 0.1) is 5.95 Å². The number of carbonyl (C=O) groups is 1. The van der Waals surface area contributed by atoms with Crippen LogP contribution in [0.5, 0.6) is 0 Å². The van der Waals surface area contributed by atoms with Crippen molar-refractivity contribution in [2.24, 2.45) is 0 Å². The summed E-state index contributed by atoms with van der Waals surface area (Å²) in [7, 11) is 0. The monoisotopic (exact) mass is 280 g/mol. The summed E-state index contributed by atoms with van der Waals surface area (Å²) in [5.74, 6) is -1.06. The van der Waals surface area contributed by atoms with E-state index < -0.39 is 17.5 Å². The van der Waals surface area contributed by atoms with Gasteiger partial charge in [0.1, 0.15) is 10.6 Å². The van der Waals surface area contributed by atoms with Gasteiger partial charge in [-0.05, 0) is 26.8 Å². The van der Waals surface area contributed by atoms with Gasteiger partial charge in [-0.3, -0.25) is 0 Å². The smallest absolute Gasteiger partial charge is 0.358 e. The second-order valence-electron chi connectivity index (χ2n) is 4.91. The third-order valence-electron chi connectivity index (χ3n) is 2.09. The Hall–Kier alpha value is -1.82. The first-order chi connectivity index (χ1) is 8.85. The molecule has 2 heterocycles. The van der Waals surface area contributed by atoms with Gasteiger partial charge in [0.25, 0.3) is 0 Å². The minimum atomic E-state index is -0.577. The zero-order valence-electron chi connectivity index (χ0n) is 10.8. The van der Waals surface area contributed by atoms with Crippen LogP contribution in [0.15, 0.2) is 23.7 Å². The average Bonchev–Trinajstić information content (AvgIpc) is 2.75. The van der Waals surface area contributed by atoms with Crippen LogP contribution in [0.25, 0.3) is 10.6 Å². The molecule has 0 N–H and O–H groups in total. The Labute approximate surface area is 114 Å². The van der Waals surface area contributed by atoms with Gasteiger partial charge in [0, 0.05) is 23.2 Å². The van der Waals surface area contributed by atoms with Crippen molar-refractivity contribution in [3.8, 4) is 10.6 Å². The summed E-state index contributed by atoms with van der Waals surface area (Å²) in [5, 5.41) is 2.16. The highest BCUT2D eigenvalue weighted by atomic mass is 32.1. The molecule has 0 aliphatic carbocycles. The molecule has 6 heteroatoms. The summed E-state index contributed by atoms with van der Waals surface area (Å²) < 4.78 is 18.2. The number of halogens is 1. The lowest BCUT2D eigenvalue weighted by Crippen LogP contribution is -2.24. The fraction of sp³-hybridized carbons (Fsp3) is 0.308. The van der Waals surface area contributed by atoms with E-state index in [-0.39, 0.29) is 5.69 Å². The van der Waals surface area contributed by atoms with Gasteiger partial charge in [0.2, 0.25) is 5.95 Å². The van der Waals surface area contributed by atoms with Crippen molar-refractivity contribution < 1.29 is 13.9 Å². The number of esters is 1. The lowest BCUT2D eigenvalue weighted by molar-refractivity contribution is 0.00638. The predicted molar refractivity (Wildman–Crippen MR) is 70.5 cm³/mol. The number of pyridine rings is 1. The van der Waals surface area contributed by atoms with E-state index in [2.05, 4.69) is 9.97 Å². The first-order valence-electron chi connectivity index (χ1n) is 5.66. The summed E-state index contributed by atoms with van der Waals surface area (Å²) >= 11 is 1.26. The van der Waals surface area contributed by atoms with Gasteiger partial charge in [-0.15, -0.1) is 11.3 Å². The maximum atomic E-state index is 13.0. The van der Waals surface area contributed by atoms with Gasteiger partial charge >= 0.3 is 5.97 Å². The van der Waals surface area contributed by atoms with Gasteiger partial charge in [0.05, 0.1) is 0 Å². The van der Waals surface area contributed by atoms with Crippen molar-refractivity contribution in [1.82, 2.24) is 9.97 Å². The van der Waals surface area contributed by atoms with Crippen molar-refractivity contribution in [1.29, 1.82) is 0 Å². The van der Waals surface area contributed by atoms with Crippen LogP contribution in [0.1, 0.15) is 31.3 Å². The molecule has 0 aliphatic rings. The van der Waals surface area contributed by atoms with Gasteiger partial charge in [-0.25, -0.2) is 14.8 Å². The first-order valence-corrected chi connectivity index (χ1v) is 6.54. The fourth-order valence-corrected chi connectivity index (χ4v) is 2.15. The van der Waals surface area contributed by atoms with E-state index in [1.165, 1.54) is 23.6 Å². The number of nitrogens with zero attached hydrogens (tertiary/aromatic N) is 2. The first kappa shape index (κ1) is 13.6. The molecule has 2 aromatic heterocycles. The minimum Gasteiger partial charge on any atom is -0.455 e. The van der Waals surface area contributed by atoms with E-state index in [4.69, 9.17) is 4.74 Å². The van der Waals surface area contributed by atoms with E-state index in [0.717, 1.165) is 0 Å². The number of carbonyl (C=O) groups excluding carboxylic acids is 1. The topological polar surface area (TPSA) is 52.1 Å². The maximum absolute atomic E-state index is 13.0. The molecular weight excluding hydrogens is 267 g/mol. The Bertz CT molecular complexity index is 605. The number of rotatable bonds is 2. The molecule has 0 bridgehead atoms. The van der Waals surface area contributed by atoms with Gasteiger partial charge in [0.15, 0.2) is 5.69 Å². The van der Waals surface area contributed by atoms with Crippen LogP contribution < -0.4 is 0 Å². The number of thiazole rings is 1. The third-order valence-corrected chi connectivity index (χ3v) is 2.98. The fourth-order valence-electron chi connectivity index (χ4n) is 1.37. The molecule has 0 atom stereocenters. The quantitative estimate of drug-likeness (QED) is 0.625. The van der Waals surface area contributed by atoms with Crippen molar-refractivity contribution in [2.75, 3.05) is 0 Å². The van der Waals surface area contributed by atoms with E-state index in [9.17, 15) is 9.18 Å². The van der Waals surface area contributed by atoms with Gasteiger partial charge in [-0.2, -0.15) is 4.39 Å². The lowest BCUT2D eigenvalue weighted by atomic mass is 10.2. The van der Waals surface area contributed by atoms with Crippen LogP contribution >= 0.6 is 11.3 Å². The van der Waals surface area contributed by atoms with Crippen molar-refractivity contribution in [2.45, 2.75) is 26.4 Å². The Morgan fingerprint density at radius 2 is 2.16 bits per heavy atom. The SMILES string of the molecule is CC(C)(C)OC(=O)c1csc(-c2ccnc(F)c2)n1. The van der Waals surface area contributed by atoms with Crippen LogP contribution in [0.4, 0.5) is 4.39 Å². The second kappa shape index (κ2) is 5.05. The molecule has 0 spiro atoms. The molecule has 0 saturated carbocycles. The Morgan fingerprint density at radius 3 is 2.79 bits per heavy atom. The number of aromatic nitrogens is 2. The normalized spacial score (nSPS) is 11.4. The molecule has 19 heavy (non-hydrogen) atoms. The molecule has 0 saturated heterocycles. The zero-order chi connectivity index (χ0) is 14.0. The van der Waals surface area contributed by atoms with Crippen LogP contribution in [0.3, 0.4) is 0 Å². The highest BCUT2D eigenvalue weighted by Gasteiger charge is 2.20. The lowest BCUT2D eigenvalue weighted by Gasteiger charge is -2.18. The molecule has 0 fully saturated rings. The summed E-state index contributed by atoms with van der Waals surface area (Å²) in [4.78, 5) is 19.4. The number of ether oxygens (including phenoxy) is 1. The molecule has 2 rings (SSSR count). The van der Waals surface area contributed by atoms with Crippen LogP contribution in [-0.2, 0) is 4.74 Å². The van der Waals surface area contributed by atoms with Crippen molar-refractivity contribution in [3.63, 3.8) is 0 Å². The average molecular weight is 280 g/mol. The number of hydrogen-bond acceptors (Lipinski definition) is 5. The summed E-state index contributed by atoms with van der Waals surface area (Å²) in [6.45, 7) is 5.36. The molecule has 4 nitrogen and oxygen atoms in total. The third kappa shape index (κ3) is 3.57. The second-order valence-corrected chi connectivity index (χ2v) is 5.77. The largest absolute Gasteiger partial charge is 0.455 e. The molecular formula is C13H13FN2O2S. The van der Waals surface area contributed by atoms with Crippen molar-refractivity contribution >= 4 is 17.3 Å². The van der Waals surface area contributed by atoms with E-state index in [1.807, 2.05) is 0 Å². The van der Waals surface area contributed by atoms with Crippen LogP contribution in [-0.4, -0.2) is 21.5 Å². The summed E-state index contributed by atoms with van der Waals surface area (Å²) in [6, 6.07) is 2.92. The van der Waals surface area contributed by atoms with E-state index in [1.54, 1.807) is 32.2 Å². The highest BCUT2D eigenvalue weighted by molar-refractivity contribution is 7.13. The highest BCUT2D eigenvalue weighted by Crippen LogP contribution is 2.24. The minimum absolute atomic E-state index is 0.229. The van der Waals surface area contributed by atoms with E-state index >= 15 is 0 Å². The summed E-state index contributed by atoms with van der Waals surface area (Å²) in [6.07, 6.45) is 1.36. The predicted octanol–water partition coefficient (Wildman–Crippen LogP) is 3.30. The molecule has 100 valence electrons.